The number of halogens is 2. The van der Waals surface area contributed by atoms with Crippen molar-refractivity contribution in [2.24, 2.45) is 5.14 Å². The van der Waals surface area contributed by atoms with Crippen LogP contribution in [0.25, 0.3) is 4.85 Å². The minimum absolute atomic E-state index is 0.0113. The van der Waals surface area contributed by atoms with Crippen LogP contribution >= 0.6 is 27.5 Å². The minimum atomic E-state index is -4.00. The number of phenols is 4. The first-order valence-corrected chi connectivity index (χ1v) is 20.9. The molecule has 0 bridgehead atoms. The van der Waals surface area contributed by atoms with Crippen LogP contribution in [0.4, 0.5) is 5.69 Å². The maximum absolute atomic E-state index is 11.9. The highest BCUT2D eigenvalue weighted by Crippen LogP contribution is 2.37. The number of phenolic OH excluding ortho intramolecular Hbond substituents is 4. The molecule has 4 aromatic rings. The lowest BCUT2D eigenvalue weighted by atomic mass is 9.98. The number of aromatic hydroxyl groups is 4. The first-order chi connectivity index (χ1) is 26.7. The molecule has 0 aliphatic rings. The summed E-state index contributed by atoms with van der Waals surface area (Å²) in [5.41, 5.74) is 3.96. The Bertz CT molecular complexity index is 2220. The van der Waals surface area contributed by atoms with Crippen molar-refractivity contribution >= 4 is 55.1 Å². The van der Waals surface area contributed by atoms with Crippen LogP contribution in [0.3, 0.4) is 0 Å². The predicted octanol–water partition coefficient (Wildman–Crippen LogP) is 10.1. The number of para-hydroxylation sites is 2. The average molecular weight is 904 g/mol. The van der Waals surface area contributed by atoms with Crippen molar-refractivity contribution in [3.05, 3.63) is 115 Å². The van der Waals surface area contributed by atoms with Gasteiger partial charge < -0.3 is 30.2 Å². The Hall–Kier alpha value is -4.81. The third-order valence-corrected chi connectivity index (χ3v) is 10.6. The van der Waals surface area contributed by atoms with Crippen molar-refractivity contribution in [1.82, 2.24) is 9.80 Å². The Morgan fingerprint density at radius 3 is 1.50 bits per heavy atom. The molecule has 0 fully saturated rings. The van der Waals surface area contributed by atoms with Gasteiger partial charge in [0, 0.05) is 32.7 Å². The number of hydrogen-bond donors (Lipinski definition) is 5. The molecule has 2 amide bonds. The van der Waals surface area contributed by atoms with Crippen LogP contribution in [0.1, 0.15) is 122 Å². The minimum Gasteiger partial charge on any atom is -0.519 e. The molecule has 0 atom stereocenters. The molecule has 0 unspecified atom stereocenters. The van der Waals surface area contributed by atoms with Crippen LogP contribution in [0.2, 0.25) is 5.02 Å². The molecule has 6 N–H and O–H groups in total. The maximum Gasteiger partial charge on any atom is 0.258 e. The van der Waals surface area contributed by atoms with E-state index in [1.807, 2.05) is 73.6 Å². The van der Waals surface area contributed by atoms with E-state index in [1.165, 1.54) is 15.9 Å². The lowest BCUT2D eigenvalue weighted by Gasteiger charge is -2.16. The molecule has 0 aromatic heterocycles. The summed E-state index contributed by atoms with van der Waals surface area (Å²) in [4.78, 5) is 29.3. The normalized spacial score (nSPS) is 10.8. The quantitative estimate of drug-likeness (QED) is 0.113. The van der Waals surface area contributed by atoms with Crippen molar-refractivity contribution in [3.63, 3.8) is 0 Å². The lowest BCUT2D eigenvalue weighted by Crippen LogP contribution is -2.22. The number of sulfonamides is 1. The van der Waals surface area contributed by atoms with Crippen molar-refractivity contribution < 1.29 is 38.4 Å². The molecule has 0 saturated heterocycles. The first-order valence-electron chi connectivity index (χ1n) is 18.2. The second kappa shape index (κ2) is 22.4. The van der Waals surface area contributed by atoms with E-state index >= 15 is 0 Å². The van der Waals surface area contributed by atoms with E-state index in [0.29, 0.717) is 26.9 Å². The molecule has 12 nitrogen and oxygen atoms in total. The molecule has 316 valence electrons. The van der Waals surface area contributed by atoms with E-state index in [1.54, 1.807) is 64.6 Å². The summed E-state index contributed by atoms with van der Waals surface area (Å²) in [6.45, 7) is 22.4. The van der Waals surface area contributed by atoms with E-state index in [2.05, 4.69) is 20.8 Å². The lowest BCUT2D eigenvalue weighted by molar-refractivity contribution is 0.0816. The SMILES string of the molecule is CC(C)c1ccc(Br)c(C(=O)N(C)C)c1O.CC(C)c1ccc(Cl)c(S(N)(=O)=O)c1O.CC(C)c1cccc(C(=O)N(C)C)c1O.[C-]#[N+]c1cccc(C(C)C)c1O. The van der Waals surface area contributed by atoms with E-state index in [9.17, 15) is 38.4 Å². The van der Waals surface area contributed by atoms with Gasteiger partial charge in [-0.05, 0) is 80.1 Å². The highest BCUT2D eigenvalue weighted by atomic mass is 79.9. The topological polar surface area (TPSA) is 186 Å². The van der Waals surface area contributed by atoms with Crippen LogP contribution < -0.4 is 5.14 Å². The molecule has 4 aromatic carbocycles. The summed E-state index contributed by atoms with van der Waals surface area (Å²) in [6, 6.07) is 17.2. The van der Waals surface area contributed by atoms with Crippen LogP contribution in [-0.2, 0) is 10.0 Å². The summed E-state index contributed by atoms with van der Waals surface area (Å²) in [6.07, 6.45) is 0. The van der Waals surface area contributed by atoms with Gasteiger partial charge in [0.2, 0.25) is 15.7 Å². The highest BCUT2D eigenvalue weighted by Gasteiger charge is 2.23. The van der Waals surface area contributed by atoms with Gasteiger partial charge in [0.15, 0.2) is 0 Å². The zero-order chi connectivity index (χ0) is 45.0. The van der Waals surface area contributed by atoms with Crippen molar-refractivity contribution in [2.45, 2.75) is 84.0 Å². The number of rotatable bonds is 7. The summed E-state index contributed by atoms with van der Waals surface area (Å²) >= 11 is 8.96. The number of primary sulfonamides is 1. The average Bonchev–Trinajstić information content (AvgIpc) is 3.11. The van der Waals surface area contributed by atoms with Crippen molar-refractivity contribution in [1.29, 1.82) is 0 Å². The monoisotopic (exact) mass is 902 g/mol. The summed E-state index contributed by atoms with van der Waals surface area (Å²) < 4.78 is 23.0. The van der Waals surface area contributed by atoms with Gasteiger partial charge in [-0.2, -0.15) is 0 Å². The van der Waals surface area contributed by atoms with Gasteiger partial charge in [0.05, 0.1) is 22.7 Å². The standard InChI is InChI=1S/C12H16BrNO2.C12H17NO2.C10H11NO.C9H12ClNO3S/c1-7(2)8-5-6-9(13)10(11(8)15)12(16)14(3)4;1-8(2)9-6-5-7-10(11(9)14)12(15)13(3)4;1-7(2)8-5-4-6-9(11-3)10(8)12;1-5(2)6-3-4-7(10)9(8(6)12)15(11,13)14/h5-7,15H,1-4H3;5-8,14H,1-4H3;4-7,12H,1-2H3;3-5,12H,1-2H3,(H2,11,13,14). The van der Waals surface area contributed by atoms with Gasteiger partial charge in [-0.3, -0.25) is 9.59 Å². The number of benzene rings is 4. The Labute approximate surface area is 356 Å². The summed E-state index contributed by atoms with van der Waals surface area (Å²) in [7, 11) is 2.66. The molecular formula is C43H56BrClN4O8S. The zero-order valence-corrected chi connectivity index (χ0v) is 38.2. The molecule has 0 saturated carbocycles. The molecule has 0 aliphatic heterocycles. The molecule has 4 rings (SSSR count). The number of hydrogen-bond acceptors (Lipinski definition) is 8. The Balaban J connectivity index is 0.000000388. The molecule has 0 radical (unpaired) electrons. The van der Waals surface area contributed by atoms with Crippen LogP contribution in [0, 0.1) is 6.57 Å². The van der Waals surface area contributed by atoms with Gasteiger partial charge in [-0.15, -0.1) is 0 Å². The number of carbonyl (C=O) groups excluding carboxylic acids is 2. The predicted molar refractivity (Wildman–Crippen MR) is 235 cm³/mol. The number of nitrogens with zero attached hydrogens (tertiary/aromatic N) is 3. The van der Waals surface area contributed by atoms with Gasteiger partial charge in [-0.1, -0.05) is 109 Å². The number of nitrogens with two attached hydrogens (primary N) is 1. The van der Waals surface area contributed by atoms with Crippen molar-refractivity contribution in [2.75, 3.05) is 28.2 Å². The van der Waals surface area contributed by atoms with Gasteiger partial charge >= 0.3 is 0 Å². The summed E-state index contributed by atoms with van der Waals surface area (Å²) in [5.74, 6) is 0.204. The smallest absolute Gasteiger partial charge is 0.258 e. The van der Waals surface area contributed by atoms with Crippen LogP contribution in [-0.4, -0.2) is 78.6 Å². The third kappa shape index (κ3) is 13.7. The van der Waals surface area contributed by atoms with Crippen molar-refractivity contribution in [3.8, 4) is 23.0 Å². The fourth-order valence-electron chi connectivity index (χ4n) is 5.32. The second-order valence-corrected chi connectivity index (χ2v) is 17.6. The van der Waals surface area contributed by atoms with Crippen LogP contribution in [0.5, 0.6) is 23.0 Å². The molecule has 0 spiro atoms. The molecule has 58 heavy (non-hydrogen) atoms. The number of amides is 2. The fraction of sp³-hybridized carbons (Fsp3) is 0.372. The molecule has 0 heterocycles. The van der Waals surface area contributed by atoms with Gasteiger partial charge in [-0.25, -0.2) is 18.4 Å². The zero-order valence-electron chi connectivity index (χ0n) is 35.1. The van der Waals surface area contributed by atoms with Crippen LogP contribution in [0.15, 0.2) is 70.0 Å². The van der Waals surface area contributed by atoms with E-state index in [0.717, 1.165) is 16.7 Å². The molecule has 15 heteroatoms. The maximum atomic E-state index is 11.9. The van der Waals surface area contributed by atoms with Gasteiger partial charge in [0.25, 0.3) is 11.8 Å². The van der Waals surface area contributed by atoms with E-state index in [4.69, 9.17) is 23.3 Å². The summed E-state index contributed by atoms with van der Waals surface area (Å²) in [5, 5.41) is 44.2. The Morgan fingerprint density at radius 1 is 0.655 bits per heavy atom. The Morgan fingerprint density at radius 2 is 1.07 bits per heavy atom. The molecular weight excluding hydrogens is 848 g/mol. The highest BCUT2D eigenvalue weighted by molar-refractivity contribution is 9.10. The largest absolute Gasteiger partial charge is 0.519 e. The first kappa shape index (κ1) is 51.2. The third-order valence-electron chi connectivity index (χ3n) is 8.54. The van der Waals surface area contributed by atoms with E-state index < -0.39 is 14.9 Å². The van der Waals surface area contributed by atoms with Gasteiger partial charge in [0.1, 0.15) is 27.9 Å². The number of carbonyl (C=O) groups is 2. The second-order valence-electron chi connectivity index (χ2n) is 14.8. The Kier molecular flexibility index (Phi) is 19.8. The fourth-order valence-corrected chi connectivity index (χ4v) is 7.01. The molecule has 0 aliphatic carbocycles. The van der Waals surface area contributed by atoms with E-state index in [-0.39, 0.29) is 63.5 Å².